The summed E-state index contributed by atoms with van der Waals surface area (Å²) in [5.74, 6) is -0.804. The van der Waals surface area contributed by atoms with Gasteiger partial charge in [-0.2, -0.15) is 0 Å². The van der Waals surface area contributed by atoms with E-state index in [9.17, 15) is 18.0 Å². The number of hydrogen-bond donors (Lipinski definition) is 0. The maximum atomic E-state index is 13.4. The summed E-state index contributed by atoms with van der Waals surface area (Å²) in [4.78, 5) is 23.9. The van der Waals surface area contributed by atoms with Crippen molar-refractivity contribution in [1.82, 2.24) is 0 Å². The highest BCUT2D eigenvalue weighted by atomic mass is 35.5. The number of ether oxygens (including phenoxy) is 1. The fraction of sp³-hybridized carbons (Fsp3) is 0.0833. The summed E-state index contributed by atoms with van der Waals surface area (Å²) in [6.07, 6.45) is 1.31. The SMILES string of the molecule is CC(=O)Oc1ccc(/C=C(\C(=O)c2ccc(Cl)cc2)S(=O)(=O)c2ccc(C)cc2)cc1. The smallest absolute Gasteiger partial charge is 0.308 e. The molecule has 0 N–H and O–H groups in total. The Morgan fingerprint density at radius 1 is 0.871 bits per heavy atom. The van der Waals surface area contributed by atoms with Gasteiger partial charge in [-0.1, -0.05) is 41.4 Å². The molecular weight excluding hydrogens is 436 g/mol. The monoisotopic (exact) mass is 454 g/mol. The summed E-state index contributed by atoms with van der Waals surface area (Å²) in [5, 5.41) is 0.435. The van der Waals surface area contributed by atoms with Crippen LogP contribution in [0, 0.1) is 6.92 Å². The number of carbonyl (C=O) groups excluding carboxylic acids is 2. The van der Waals surface area contributed by atoms with Crippen LogP contribution in [0.15, 0.2) is 82.6 Å². The number of sulfone groups is 1. The van der Waals surface area contributed by atoms with E-state index in [1.54, 1.807) is 24.3 Å². The summed E-state index contributed by atoms with van der Waals surface area (Å²) >= 11 is 5.90. The molecule has 0 aromatic heterocycles. The summed E-state index contributed by atoms with van der Waals surface area (Å²) in [7, 11) is -4.11. The van der Waals surface area contributed by atoms with Gasteiger partial charge in [0, 0.05) is 17.5 Å². The Morgan fingerprint density at radius 2 is 1.45 bits per heavy atom. The predicted octanol–water partition coefficient (Wildman–Crippen LogP) is 5.27. The minimum Gasteiger partial charge on any atom is -0.427 e. The molecule has 158 valence electrons. The van der Waals surface area contributed by atoms with E-state index in [1.807, 2.05) is 6.92 Å². The number of aryl methyl sites for hydroxylation is 1. The van der Waals surface area contributed by atoms with Crippen molar-refractivity contribution >= 4 is 39.3 Å². The zero-order chi connectivity index (χ0) is 22.6. The second-order valence-electron chi connectivity index (χ2n) is 6.82. The van der Waals surface area contributed by atoms with E-state index in [4.69, 9.17) is 16.3 Å². The van der Waals surface area contributed by atoms with E-state index < -0.39 is 21.6 Å². The van der Waals surface area contributed by atoms with E-state index in [1.165, 1.54) is 61.5 Å². The highest BCUT2D eigenvalue weighted by molar-refractivity contribution is 7.96. The number of halogens is 1. The van der Waals surface area contributed by atoms with Gasteiger partial charge in [-0.3, -0.25) is 9.59 Å². The first-order valence-corrected chi connectivity index (χ1v) is 11.1. The van der Waals surface area contributed by atoms with E-state index in [0.29, 0.717) is 16.3 Å². The Bertz CT molecular complexity index is 1240. The molecule has 0 heterocycles. The van der Waals surface area contributed by atoms with Crippen LogP contribution in [0.25, 0.3) is 6.08 Å². The average Bonchev–Trinajstić information content (AvgIpc) is 2.73. The summed E-state index contributed by atoms with van der Waals surface area (Å²) in [5.41, 5.74) is 1.56. The lowest BCUT2D eigenvalue weighted by Crippen LogP contribution is -2.14. The lowest BCUT2D eigenvalue weighted by atomic mass is 10.1. The van der Waals surface area contributed by atoms with Gasteiger partial charge < -0.3 is 4.74 Å². The fourth-order valence-corrected chi connectivity index (χ4v) is 4.33. The van der Waals surface area contributed by atoms with Crippen LogP contribution in [0.1, 0.15) is 28.4 Å². The third-order valence-electron chi connectivity index (χ3n) is 4.39. The molecule has 0 fully saturated rings. The van der Waals surface area contributed by atoms with E-state index in [0.717, 1.165) is 5.56 Å². The summed E-state index contributed by atoms with van der Waals surface area (Å²) in [6, 6.07) is 18.5. The molecule has 0 amide bonds. The zero-order valence-corrected chi connectivity index (χ0v) is 18.4. The van der Waals surface area contributed by atoms with E-state index >= 15 is 0 Å². The van der Waals surface area contributed by atoms with Crippen LogP contribution in [-0.4, -0.2) is 20.2 Å². The number of hydrogen-bond acceptors (Lipinski definition) is 5. The van der Waals surface area contributed by atoms with Crippen molar-refractivity contribution in [3.05, 3.63) is 99.4 Å². The molecule has 3 rings (SSSR count). The molecule has 0 aliphatic rings. The zero-order valence-electron chi connectivity index (χ0n) is 16.8. The van der Waals surface area contributed by atoms with Gasteiger partial charge in [-0.05, 0) is 67.1 Å². The van der Waals surface area contributed by atoms with Gasteiger partial charge in [0.15, 0.2) is 0 Å². The van der Waals surface area contributed by atoms with Gasteiger partial charge in [0.2, 0.25) is 15.6 Å². The topological polar surface area (TPSA) is 77.5 Å². The molecule has 0 spiro atoms. The second kappa shape index (κ2) is 9.29. The lowest BCUT2D eigenvalue weighted by molar-refractivity contribution is -0.131. The maximum absolute atomic E-state index is 13.4. The predicted molar refractivity (Wildman–Crippen MR) is 120 cm³/mol. The molecule has 3 aromatic carbocycles. The third kappa shape index (κ3) is 5.48. The number of esters is 1. The van der Waals surface area contributed by atoms with Gasteiger partial charge >= 0.3 is 5.97 Å². The molecule has 0 atom stereocenters. The summed E-state index contributed by atoms with van der Waals surface area (Å²) in [6.45, 7) is 3.13. The molecular formula is C24H19ClO5S. The summed E-state index contributed by atoms with van der Waals surface area (Å²) < 4.78 is 31.7. The minimum absolute atomic E-state index is 0.0168. The second-order valence-corrected chi connectivity index (χ2v) is 9.18. The first kappa shape index (κ1) is 22.5. The number of benzene rings is 3. The number of ketones is 1. The van der Waals surface area contributed by atoms with Gasteiger partial charge in [-0.15, -0.1) is 0 Å². The van der Waals surface area contributed by atoms with Crippen molar-refractivity contribution in [2.24, 2.45) is 0 Å². The van der Waals surface area contributed by atoms with Crippen LogP contribution >= 0.6 is 11.6 Å². The van der Waals surface area contributed by atoms with Crippen molar-refractivity contribution < 1.29 is 22.7 Å². The largest absolute Gasteiger partial charge is 0.427 e. The third-order valence-corrected chi connectivity index (χ3v) is 6.42. The maximum Gasteiger partial charge on any atom is 0.308 e. The van der Waals surface area contributed by atoms with Crippen LogP contribution in [-0.2, 0) is 14.6 Å². The van der Waals surface area contributed by atoms with E-state index in [2.05, 4.69) is 0 Å². The van der Waals surface area contributed by atoms with Crippen LogP contribution in [0.5, 0.6) is 5.75 Å². The van der Waals surface area contributed by atoms with Gasteiger partial charge in [0.1, 0.15) is 10.7 Å². The number of allylic oxidation sites excluding steroid dienone is 1. The molecule has 3 aromatic rings. The van der Waals surface area contributed by atoms with E-state index in [-0.39, 0.29) is 15.4 Å². The molecule has 7 heteroatoms. The Labute approximate surface area is 185 Å². The van der Waals surface area contributed by atoms with Crippen molar-refractivity contribution in [1.29, 1.82) is 0 Å². The normalized spacial score (nSPS) is 11.8. The van der Waals surface area contributed by atoms with Crippen molar-refractivity contribution in [2.45, 2.75) is 18.7 Å². The van der Waals surface area contributed by atoms with Crippen molar-refractivity contribution in [3.8, 4) is 5.75 Å². The Hall–Kier alpha value is -3.22. The molecule has 0 radical (unpaired) electrons. The fourth-order valence-electron chi connectivity index (χ4n) is 2.80. The molecule has 5 nitrogen and oxygen atoms in total. The average molecular weight is 455 g/mol. The molecule has 0 bridgehead atoms. The lowest BCUT2D eigenvalue weighted by Gasteiger charge is -2.10. The van der Waals surface area contributed by atoms with Crippen molar-refractivity contribution in [3.63, 3.8) is 0 Å². The van der Waals surface area contributed by atoms with Gasteiger partial charge in [0.05, 0.1) is 4.90 Å². The van der Waals surface area contributed by atoms with Crippen LogP contribution in [0.3, 0.4) is 0 Å². The first-order valence-electron chi connectivity index (χ1n) is 9.29. The highest BCUT2D eigenvalue weighted by Gasteiger charge is 2.28. The molecule has 0 unspecified atom stereocenters. The van der Waals surface area contributed by atoms with Crippen LogP contribution < -0.4 is 4.74 Å². The number of Topliss-reactive ketones (excluding diaryl/α,β-unsaturated/α-hetero) is 1. The quantitative estimate of drug-likeness (QED) is 0.219. The standard InChI is InChI=1S/C24H19ClO5S/c1-16-3-13-22(14-4-16)31(28,29)23(24(27)19-7-9-20(25)10-8-19)15-18-5-11-21(12-6-18)30-17(2)26/h3-15H,1-2H3/b23-15+. The molecule has 31 heavy (non-hydrogen) atoms. The minimum atomic E-state index is -4.11. The van der Waals surface area contributed by atoms with Crippen molar-refractivity contribution in [2.75, 3.05) is 0 Å². The number of rotatable bonds is 6. The van der Waals surface area contributed by atoms with Gasteiger partial charge in [-0.25, -0.2) is 8.42 Å². The molecule has 0 saturated carbocycles. The first-order chi connectivity index (χ1) is 14.7. The molecule has 0 aliphatic heterocycles. The van der Waals surface area contributed by atoms with Gasteiger partial charge in [0.25, 0.3) is 0 Å². The Balaban J connectivity index is 2.10. The molecule has 0 aliphatic carbocycles. The Kier molecular flexibility index (Phi) is 6.73. The Morgan fingerprint density at radius 3 is 2.00 bits per heavy atom. The van der Waals surface area contributed by atoms with Crippen LogP contribution in [0.4, 0.5) is 0 Å². The number of carbonyl (C=O) groups is 2. The highest BCUT2D eigenvalue weighted by Crippen LogP contribution is 2.26. The van der Waals surface area contributed by atoms with Crippen LogP contribution in [0.2, 0.25) is 5.02 Å². The molecule has 0 saturated heterocycles.